The second kappa shape index (κ2) is 7.23. The number of nitrogens with one attached hydrogen (secondary N) is 1. The molecule has 1 aromatic heterocycles. The first kappa shape index (κ1) is 16.4. The number of aromatic nitrogens is 2. The van der Waals surface area contributed by atoms with Crippen LogP contribution in [0, 0.1) is 18.2 Å². The molecule has 0 atom stereocenters. The van der Waals surface area contributed by atoms with Crippen molar-refractivity contribution in [2.45, 2.75) is 20.4 Å². The molecule has 6 heteroatoms. The number of nitrogen functional groups attached to an aromatic ring is 2. The Kier molecular flexibility index (Phi) is 5.66. The molecule has 21 heavy (non-hydrogen) atoms. The monoisotopic (exact) mass is 289 g/mol. The molecule has 0 radical (unpaired) electrons. The molecule has 112 valence electrons. The van der Waals surface area contributed by atoms with Gasteiger partial charge in [-0.1, -0.05) is 24.3 Å². The number of benzene rings is 1. The molecular formula is C15H20FN5. The van der Waals surface area contributed by atoms with Crippen molar-refractivity contribution in [1.82, 2.24) is 9.78 Å². The van der Waals surface area contributed by atoms with Gasteiger partial charge in [0.25, 0.3) is 0 Å². The third-order valence-electron chi connectivity index (χ3n) is 2.77. The second-order valence-electron chi connectivity index (χ2n) is 4.43. The fourth-order valence-corrected chi connectivity index (χ4v) is 1.73. The Labute approximate surface area is 123 Å². The van der Waals surface area contributed by atoms with Crippen LogP contribution in [0.2, 0.25) is 0 Å². The van der Waals surface area contributed by atoms with Crippen LogP contribution < -0.4 is 11.5 Å². The lowest BCUT2D eigenvalue weighted by molar-refractivity contribution is 0.587. The van der Waals surface area contributed by atoms with E-state index in [1.54, 1.807) is 31.2 Å². The lowest BCUT2D eigenvalue weighted by atomic mass is 10.2. The third kappa shape index (κ3) is 3.92. The average molecular weight is 289 g/mol. The quantitative estimate of drug-likeness (QED) is 0.460. The Morgan fingerprint density at radius 1 is 1.48 bits per heavy atom. The van der Waals surface area contributed by atoms with E-state index in [0.717, 1.165) is 0 Å². The van der Waals surface area contributed by atoms with Crippen molar-refractivity contribution in [1.29, 1.82) is 5.41 Å². The number of amidine groups is 1. The van der Waals surface area contributed by atoms with Crippen molar-refractivity contribution in [2.75, 3.05) is 5.73 Å². The predicted octanol–water partition coefficient (Wildman–Crippen LogP) is 2.44. The van der Waals surface area contributed by atoms with Crippen molar-refractivity contribution in [3.05, 3.63) is 59.6 Å². The third-order valence-corrected chi connectivity index (χ3v) is 2.77. The van der Waals surface area contributed by atoms with E-state index in [9.17, 15) is 4.39 Å². The number of rotatable bonds is 3. The number of hydrogen-bond donors (Lipinski definition) is 3. The van der Waals surface area contributed by atoms with E-state index < -0.39 is 0 Å². The Bertz CT molecular complexity index is 646. The molecule has 1 heterocycles. The van der Waals surface area contributed by atoms with Crippen LogP contribution in [0.5, 0.6) is 0 Å². The molecule has 0 fully saturated rings. The summed E-state index contributed by atoms with van der Waals surface area (Å²) in [7, 11) is 0. The summed E-state index contributed by atoms with van der Waals surface area (Å²) in [6.07, 6.45) is 1.75. The smallest absolute Gasteiger partial charge is 0.144 e. The highest BCUT2D eigenvalue weighted by Crippen LogP contribution is 2.17. The van der Waals surface area contributed by atoms with E-state index in [4.69, 9.17) is 16.9 Å². The lowest BCUT2D eigenvalue weighted by Gasteiger charge is -2.05. The van der Waals surface area contributed by atoms with Crippen molar-refractivity contribution < 1.29 is 4.39 Å². The van der Waals surface area contributed by atoms with Gasteiger partial charge < -0.3 is 11.5 Å². The minimum Gasteiger partial charge on any atom is -0.384 e. The molecule has 0 spiro atoms. The minimum absolute atomic E-state index is 0.147. The number of nitrogens with zero attached hydrogens (tertiary/aromatic N) is 2. The standard InChI is InChI=1S/C12H14FN5.C3H6/c1-7-10(11(14)15)17-18(12(7)16)6-8-4-2-3-5-9(8)13;1-3-2/h2-5H,6,16H2,1H3,(H3,14,15);3H,1H2,2H3. The molecule has 0 saturated carbocycles. The number of anilines is 1. The van der Waals surface area contributed by atoms with Gasteiger partial charge in [0.2, 0.25) is 0 Å². The molecule has 0 amide bonds. The van der Waals surface area contributed by atoms with Crippen LogP contribution in [0.4, 0.5) is 10.2 Å². The molecule has 5 nitrogen and oxygen atoms in total. The summed E-state index contributed by atoms with van der Waals surface area (Å²) in [5.74, 6) is -0.0654. The Morgan fingerprint density at radius 3 is 2.52 bits per heavy atom. The normalized spacial score (nSPS) is 9.67. The number of allylic oxidation sites excluding steroid dienone is 1. The van der Waals surface area contributed by atoms with Gasteiger partial charge in [-0.25, -0.2) is 9.07 Å². The highest BCUT2D eigenvalue weighted by molar-refractivity contribution is 5.95. The van der Waals surface area contributed by atoms with Gasteiger partial charge in [-0.3, -0.25) is 5.41 Å². The van der Waals surface area contributed by atoms with Crippen LogP contribution in [0.15, 0.2) is 36.9 Å². The molecule has 5 N–H and O–H groups in total. The zero-order valence-electron chi connectivity index (χ0n) is 12.2. The van der Waals surface area contributed by atoms with Gasteiger partial charge in [0.1, 0.15) is 23.2 Å². The van der Waals surface area contributed by atoms with Crippen LogP contribution in [0.25, 0.3) is 0 Å². The lowest BCUT2D eigenvalue weighted by Crippen LogP contribution is -2.14. The minimum atomic E-state index is -0.311. The van der Waals surface area contributed by atoms with Crippen molar-refractivity contribution >= 4 is 11.7 Å². The van der Waals surface area contributed by atoms with Crippen LogP contribution in [-0.2, 0) is 6.54 Å². The molecule has 0 aliphatic rings. The van der Waals surface area contributed by atoms with Gasteiger partial charge in [0, 0.05) is 11.1 Å². The topological polar surface area (TPSA) is 93.7 Å². The number of nitrogens with two attached hydrogens (primary N) is 2. The maximum absolute atomic E-state index is 13.5. The molecule has 0 bridgehead atoms. The van der Waals surface area contributed by atoms with Gasteiger partial charge in [0.05, 0.1) is 6.54 Å². The highest BCUT2D eigenvalue weighted by atomic mass is 19.1. The molecule has 2 aromatic rings. The fraction of sp³-hybridized carbons (Fsp3) is 0.200. The summed E-state index contributed by atoms with van der Waals surface area (Å²) >= 11 is 0. The molecule has 0 aliphatic heterocycles. The molecule has 0 aliphatic carbocycles. The summed E-state index contributed by atoms with van der Waals surface area (Å²) in [5, 5.41) is 11.5. The van der Waals surface area contributed by atoms with E-state index in [-0.39, 0.29) is 18.2 Å². The van der Waals surface area contributed by atoms with E-state index >= 15 is 0 Å². The maximum Gasteiger partial charge on any atom is 0.144 e. The van der Waals surface area contributed by atoms with Crippen molar-refractivity contribution in [3.63, 3.8) is 0 Å². The molecule has 0 saturated heterocycles. The zero-order chi connectivity index (χ0) is 16.0. The second-order valence-corrected chi connectivity index (χ2v) is 4.43. The van der Waals surface area contributed by atoms with Crippen molar-refractivity contribution in [3.8, 4) is 0 Å². The maximum atomic E-state index is 13.5. The first-order valence-corrected chi connectivity index (χ1v) is 6.40. The molecular weight excluding hydrogens is 269 g/mol. The first-order valence-electron chi connectivity index (χ1n) is 6.40. The summed E-state index contributed by atoms with van der Waals surface area (Å²) in [6.45, 7) is 7.20. The van der Waals surface area contributed by atoms with E-state index in [0.29, 0.717) is 22.6 Å². The Hall–Kier alpha value is -2.63. The Balaban J connectivity index is 0.000000677. The van der Waals surface area contributed by atoms with E-state index in [1.165, 1.54) is 10.7 Å². The summed E-state index contributed by atoms with van der Waals surface area (Å²) < 4.78 is 15.0. The fourth-order valence-electron chi connectivity index (χ4n) is 1.73. The Morgan fingerprint density at radius 2 is 2.05 bits per heavy atom. The summed E-state index contributed by atoms with van der Waals surface area (Å²) in [5.41, 5.74) is 12.7. The van der Waals surface area contributed by atoms with Gasteiger partial charge in [-0.2, -0.15) is 5.10 Å². The largest absolute Gasteiger partial charge is 0.384 e. The number of hydrogen-bond acceptors (Lipinski definition) is 3. The SMILES string of the molecule is C=CC.Cc1c(C(=N)N)nn(Cc2ccccc2F)c1N. The highest BCUT2D eigenvalue weighted by Gasteiger charge is 2.14. The zero-order valence-corrected chi connectivity index (χ0v) is 12.2. The van der Waals surface area contributed by atoms with Crippen LogP contribution in [0.3, 0.4) is 0 Å². The summed E-state index contributed by atoms with van der Waals surface area (Å²) in [6, 6.07) is 6.42. The number of halogens is 1. The van der Waals surface area contributed by atoms with Crippen molar-refractivity contribution in [2.24, 2.45) is 5.73 Å². The predicted molar refractivity (Wildman–Crippen MR) is 83.8 cm³/mol. The van der Waals surface area contributed by atoms with Crippen LogP contribution in [0.1, 0.15) is 23.7 Å². The van der Waals surface area contributed by atoms with Gasteiger partial charge in [-0.05, 0) is 19.9 Å². The van der Waals surface area contributed by atoms with Gasteiger partial charge in [-0.15, -0.1) is 6.58 Å². The van der Waals surface area contributed by atoms with E-state index in [2.05, 4.69) is 11.7 Å². The van der Waals surface area contributed by atoms with E-state index in [1.807, 2.05) is 6.92 Å². The molecule has 2 rings (SSSR count). The average Bonchev–Trinajstić information content (AvgIpc) is 2.71. The van der Waals surface area contributed by atoms with Crippen LogP contribution >= 0.6 is 0 Å². The van der Waals surface area contributed by atoms with Crippen LogP contribution in [-0.4, -0.2) is 15.6 Å². The molecule has 1 aromatic carbocycles. The van der Waals surface area contributed by atoms with Gasteiger partial charge >= 0.3 is 0 Å². The first-order chi connectivity index (χ1) is 9.92. The molecule has 0 unspecified atom stereocenters. The summed E-state index contributed by atoms with van der Waals surface area (Å²) in [4.78, 5) is 0. The van der Waals surface area contributed by atoms with Gasteiger partial charge in [0.15, 0.2) is 0 Å².